The van der Waals surface area contributed by atoms with Crippen molar-refractivity contribution in [1.29, 1.82) is 0 Å². The normalized spacial score (nSPS) is 22.2. The van der Waals surface area contributed by atoms with E-state index in [0.29, 0.717) is 48.8 Å². The van der Waals surface area contributed by atoms with E-state index in [1.165, 1.54) is 11.9 Å². The summed E-state index contributed by atoms with van der Waals surface area (Å²) in [5, 5.41) is 11.3. The Morgan fingerprint density at radius 2 is 1.44 bits per heavy atom. The first kappa shape index (κ1) is 33.8. The van der Waals surface area contributed by atoms with Crippen LogP contribution in [0.3, 0.4) is 0 Å². The number of amides is 4. The van der Waals surface area contributed by atoms with E-state index in [1.54, 1.807) is 0 Å². The molecule has 4 rings (SSSR count). The van der Waals surface area contributed by atoms with Crippen LogP contribution in [0, 0.1) is 17.6 Å². The highest BCUT2D eigenvalue weighted by molar-refractivity contribution is 5.92. The van der Waals surface area contributed by atoms with Gasteiger partial charge in [0.2, 0.25) is 5.91 Å². The van der Waals surface area contributed by atoms with Crippen molar-refractivity contribution in [3.8, 4) is 0 Å². The first-order valence-corrected chi connectivity index (χ1v) is 13.9. The van der Waals surface area contributed by atoms with E-state index < -0.39 is 70.8 Å². The van der Waals surface area contributed by atoms with Crippen LogP contribution in [0.5, 0.6) is 0 Å². The second-order valence-corrected chi connectivity index (χ2v) is 11.3. The minimum absolute atomic E-state index is 0.0354. The molecule has 16 heteroatoms. The number of carboxylic acid groups (broad SMARTS) is 1. The van der Waals surface area contributed by atoms with Crippen LogP contribution in [0.4, 0.5) is 50.4 Å². The van der Waals surface area contributed by atoms with Gasteiger partial charge in [-0.2, -0.15) is 26.3 Å². The van der Waals surface area contributed by atoms with E-state index in [9.17, 15) is 49.5 Å². The smallest absolute Gasteiger partial charge is 0.416 e. The number of nitrogens with zero attached hydrogens (tertiary/aromatic N) is 3. The predicted molar refractivity (Wildman–Crippen MR) is 144 cm³/mol. The SMILES string of the molecule is CN(C(=O)N(C)[C@@H]1CN(C(=O)[C@H]2CC[C@H](NC(=O)O)CC2)C[C@H]1c1ccc(F)cc1F)c1cc(C(F)(F)F)cc(C(F)(F)F)c1. The van der Waals surface area contributed by atoms with E-state index in [-0.39, 0.29) is 36.7 Å². The van der Waals surface area contributed by atoms with Gasteiger partial charge in [0.25, 0.3) is 0 Å². The summed E-state index contributed by atoms with van der Waals surface area (Å²) in [5.74, 6) is -3.58. The fraction of sp³-hybridized carbons (Fsp3) is 0.483. The number of carbonyl (C=O) groups is 3. The molecule has 2 atom stereocenters. The molecular formula is C29H30F8N4O4. The number of hydrogen-bond acceptors (Lipinski definition) is 3. The molecule has 4 amide bonds. The molecule has 0 bridgehead atoms. The number of urea groups is 1. The number of benzene rings is 2. The molecule has 2 aliphatic rings. The lowest BCUT2D eigenvalue weighted by Gasteiger charge is -2.33. The molecule has 246 valence electrons. The fourth-order valence-corrected chi connectivity index (χ4v) is 6.01. The Morgan fingerprint density at radius 3 is 1.96 bits per heavy atom. The van der Waals surface area contributed by atoms with Gasteiger partial charge in [-0.25, -0.2) is 18.4 Å². The zero-order chi connectivity index (χ0) is 33.4. The van der Waals surface area contributed by atoms with Crippen LogP contribution < -0.4 is 10.2 Å². The van der Waals surface area contributed by atoms with Gasteiger partial charge in [0.1, 0.15) is 11.6 Å². The number of halogens is 8. The molecule has 1 saturated heterocycles. The average molecular weight is 651 g/mol. The molecule has 1 saturated carbocycles. The molecule has 2 N–H and O–H groups in total. The maximum absolute atomic E-state index is 15.0. The van der Waals surface area contributed by atoms with Gasteiger partial charge in [0, 0.05) is 56.8 Å². The van der Waals surface area contributed by atoms with Crippen LogP contribution in [0.15, 0.2) is 36.4 Å². The highest BCUT2D eigenvalue weighted by atomic mass is 19.4. The number of anilines is 1. The van der Waals surface area contributed by atoms with Crippen LogP contribution in [-0.4, -0.2) is 72.2 Å². The molecule has 0 unspecified atom stereocenters. The summed E-state index contributed by atoms with van der Waals surface area (Å²) < 4.78 is 109. The van der Waals surface area contributed by atoms with Gasteiger partial charge in [-0.15, -0.1) is 0 Å². The number of hydrogen-bond donors (Lipinski definition) is 2. The van der Waals surface area contributed by atoms with Crippen molar-refractivity contribution < 1.29 is 54.6 Å². The van der Waals surface area contributed by atoms with Crippen LogP contribution in [0.25, 0.3) is 0 Å². The summed E-state index contributed by atoms with van der Waals surface area (Å²) in [6, 6.07) is 1.15. The number of nitrogens with one attached hydrogen (secondary N) is 1. The Hall–Kier alpha value is -4.11. The van der Waals surface area contributed by atoms with E-state index in [1.807, 2.05) is 0 Å². The number of alkyl halides is 6. The molecule has 0 aromatic heterocycles. The van der Waals surface area contributed by atoms with Gasteiger partial charge in [-0.3, -0.25) is 9.69 Å². The molecule has 2 aromatic rings. The summed E-state index contributed by atoms with van der Waals surface area (Å²) in [6.45, 7) is -0.261. The van der Waals surface area contributed by atoms with E-state index in [0.717, 1.165) is 24.1 Å². The van der Waals surface area contributed by atoms with E-state index >= 15 is 0 Å². The third kappa shape index (κ3) is 7.59. The van der Waals surface area contributed by atoms with Gasteiger partial charge in [-0.05, 0) is 55.5 Å². The molecule has 8 nitrogen and oxygen atoms in total. The second-order valence-electron chi connectivity index (χ2n) is 11.3. The number of likely N-dealkylation sites (tertiary alicyclic amines) is 1. The maximum atomic E-state index is 15.0. The van der Waals surface area contributed by atoms with Gasteiger partial charge in [-0.1, -0.05) is 6.07 Å². The summed E-state index contributed by atoms with van der Waals surface area (Å²) >= 11 is 0. The summed E-state index contributed by atoms with van der Waals surface area (Å²) in [5.41, 5.74) is -3.97. The molecule has 1 aliphatic heterocycles. The van der Waals surface area contributed by atoms with Crippen LogP contribution in [0.2, 0.25) is 0 Å². The lowest BCUT2D eigenvalue weighted by Crippen LogP contribution is -2.48. The standard InChI is InChI=1S/C29H30F8N4O4/c1-39(20-10-16(28(32,33)34)9-17(11-20)29(35,36)37)27(45)40(2)24-14-41(13-22(24)21-8-5-18(30)12-23(21)31)25(42)15-3-6-19(7-4-15)38-26(43)44/h5,8-12,15,19,22,24,38H,3-4,6-7,13-14H2,1-2H3,(H,43,44)/t15-,19-,22-,24+/m0/s1. The van der Waals surface area contributed by atoms with Crippen LogP contribution >= 0.6 is 0 Å². The molecule has 1 heterocycles. The predicted octanol–water partition coefficient (Wildman–Crippen LogP) is 6.31. The van der Waals surface area contributed by atoms with Gasteiger partial charge in [0.05, 0.1) is 17.2 Å². The Bertz CT molecular complexity index is 1410. The monoisotopic (exact) mass is 650 g/mol. The molecule has 0 radical (unpaired) electrons. The molecule has 2 fully saturated rings. The maximum Gasteiger partial charge on any atom is 0.416 e. The van der Waals surface area contributed by atoms with Crippen molar-refractivity contribution in [2.45, 2.75) is 56.0 Å². The Labute approximate surface area is 252 Å². The third-order valence-electron chi connectivity index (χ3n) is 8.41. The average Bonchev–Trinajstić information content (AvgIpc) is 3.39. The zero-order valence-electron chi connectivity index (χ0n) is 24.1. The van der Waals surface area contributed by atoms with Gasteiger partial charge < -0.3 is 20.2 Å². The minimum atomic E-state index is -5.15. The quantitative estimate of drug-likeness (QED) is 0.371. The van der Waals surface area contributed by atoms with Crippen LogP contribution in [0.1, 0.15) is 48.3 Å². The number of rotatable bonds is 5. The van der Waals surface area contributed by atoms with Crippen molar-refractivity contribution in [3.05, 3.63) is 64.7 Å². The number of carbonyl (C=O) groups excluding carboxylic acids is 2. The third-order valence-corrected chi connectivity index (χ3v) is 8.41. The molecule has 2 aromatic carbocycles. The Morgan fingerprint density at radius 1 is 0.867 bits per heavy atom. The molecule has 1 aliphatic carbocycles. The van der Waals surface area contributed by atoms with Gasteiger partial charge in [0.15, 0.2) is 0 Å². The van der Waals surface area contributed by atoms with Gasteiger partial charge >= 0.3 is 24.5 Å². The molecule has 0 spiro atoms. The van der Waals surface area contributed by atoms with Crippen molar-refractivity contribution in [2.75, 3.05) is 32.1 Å². The number of likely N-dealkylation sites (N-methyl/N-ethyl adjacent to an activating group) is 1. The molecular weight excluding hydrogens is 620 g/mol. The van der Waals surface area contributed by atoms with E-state index in [2.05, 4.69) is 5.32 Å². The van der Waals surface area contributed by atoms with E-state index in [4.69, 9.17) is 5.11 Å². The largest absolute Gasteiger partial charge is 0.465 e. The zero-order valence-corrected chi connectivity index (χ0v) is 24.1. The summed E-state index contributed by atoms with van der Waals surface area (Å²) in [4.78, 5) is 41.0. The lowest BCUT2D eigenvalue weighted by atomic mass is 9.85. The van der Waals surface area contributed by atoms with Crippen molar-refractivity contribution in [3.63, 3.8) is 0 Å². The molecule has 45 heavy (non-hydrogen) atoms. The summed E-state index contributed by atoms with van der Waals surface area (Å²) in [7, 11) is 2.22. The lowest BCUT2D eigenvalue weighted by molar-refractivity contribution is -0.143. The Balaban J connectivity index is 1.62. The minimum Gasteiger partial charge on any atom is -0.465 e. The van der Waals surface area contributed by atoms with Crippen molar-refractivity contribution in [1.82, 2.24) is 15.1 Å². The van der Waals surface area contributed by atoms with Crippen molar-refractivity contribution in [2.24, 2.45) is 5.92 Å². The first-order chi connectivity index (χ1) is 20.9. The fourth-order valence-electron chi connectivity index (χ4n) is 6.01. The Kier molecular flexibility index (Phi) is 9.54. The van der Waals surface area contributed by atoms with Crippen molar-refractivity contribution >= 4 is 23.7 Å². The second kappa shape index (κ2) is 12.7. The highest BCUT2D eigenvalue weighted by Crippen LogP contribution is 2.40. The van der Waals surface area contributed by atoms with Crippen LogP contribution in [-0.2, 0) is 17.1 Å². The summed E-state index contributed by atoms with van der Waals surface area (Å²) in [6.07, 6.45) is -9.97. The topological polar surface area (TPSA) is 93.2 Å². The first-order valence-electron chi connectivity index (χ1n) is 13.9. The highest BCUT2D eigenvalue weighted by Gasteiger charge is 2.44.